The van der Waals surface area contributed by atoms with Gasteiger partial charge in [0.2, 0.25) is 5.91 Å². The molecule has 1 fully saturated rings. The Kier molecular flexibility index (Phi) is 3.79. The molecule has 4 atom stereocenters. The van der Waals surface area contributed by atoms with Crippen molar-refractivity contribution in [1.82, 2.24) is 14.5 Å². The van der Waals surface area contributed by atoms with Gasteiger partial charge in [-0.25, -0.2) is 9.97 Å². The van der Waals surface area contributed by atoms with E-state index >= 15 is 0 Å². The third-order valence-electron chi connectivity index (χ3n) is 3.56. The second-order valence-corrected chi connectivity index (χ2v) is 5.09. The van der Waals surface area contributed by atoms with E-state index in [9.17, 15) is 15.0 Å². The first-order valence-corrected chi connectivity index (χ1v) is 6.74. The fraction of sp³-hybridized carbons (Fsp3) is 0.462. The number of imidazole rings is 1. The highest BCUT2D eigenvalue weighted by Crippen LogP contribution is 2.32. The lowest BCUT2D eigenvalue weighted by molar-refractivity contribution is -0.114. The molecule has 0 aromatic carbocycles. The maximum Gasteiger partial charge on any atom is 0.221 e. The van der Waals surface area contributed by atoms with E-state index in [0.717, 1.165) is 0 Å². The van der Waals surface area contributed by atoms with Crippen molar-refractivity contribution in [1.29, 1.82) is 0 Å². The van der Waals surface area contributed by atoms with Crippen molar-refractivity contribution < 1.29 is 24.9 Å². The molecule has 1 amide bonds. The minimum absolute atomic E-state index is 0.241. The highest BCUT2D eigenvalue weighted by Gasteiger charge is 2.43. The Morgan fingerprint density at radius 3 is 2.82 bits per heavy atom. The maximum absolute atomic E-state index is 11.2. The Balaban J connectivity index is 2.01. The van der Waals surface area contributed by atoms with Crippen molar-refractivity contribution in [3.05, 3.63) is 18.6 Å². The van der Waals surface area contributed by atoms with Crippen LogP contribution in [0.2, 0.25) is 0 Å². The van der Waals surface area contributed by atoms with Crippen molar-refractivity contribution in [2.75, 3.05) is 11.9 Å². The molecule has 0 spiro atoms. The molecule has 0 unspecified atom stereocenters. The molecule has 118 valence electrons. The van der Waals surface area contributed by atoms with Crippen LogP contribution in [0.25, 0.3) is 11.2 Å². The van der Waals surface area contributed by atoms with Crippen molar-refractivity contribution in [2.24, 2.45) is 0 Å². The standard InChI is InChI=1S/C13H16N4O5/c1-6(19)16-7-2-3-14-12-9(7)15-5-17(12)13-11(21)10(20)8(4-18)22-13/h2-3,5,8,10-11,13,18,20-21H,4H2,1H3,(H,14,16,19)/t8-,10-,11-,13-/m1/s1. The molecule has 2 aromatic heterocycles. The lowest BCUT2D eigenvalue weighted by Gasteiger charge is -2.16. The lowest BCUT2D eigenvalue weighted by atomic mass is 10.1. The average Bonchev–Trinajstić information content (AvgIpc) is 3.02. The summed E-state index contributed by atoms with van der Waals surface area (Å²) in [5, 5.41) is 31.7. The highest BCUT2D eigenvalue weighted by atomic mass is 16.6. The number of fused-ring (bicyclic) bond motifs is 1. The summed E-state index contributed by atoms with van der Waals surface area (Å²) in [6.45, 7) is 0.973. The predicted molar refractivity (Wildman–Crippen MR) is 74.8 cm³/mol. The molecule has 9 heteroatoms. The molecule has 4 N–H and O–H groups in total. The fourth-order valence-corrected chi connectivity index (χ4v) is 2.52. The van der Waals surface area contributed by atoms with Crippen LogP contribution in [0, 0.1) is 0 Å². The zero-order valence-electron chi connectivity index (χ0n) is 11.7. The number of ether oxygens (including phenoxy) is 1. The number of aromatic nitrogens is 3. The predicted octanol–water partition coefficient (Wildman–Crippen LogP) is -0.999. The molecular formula is C13H16N4O5. The Morgan fingerprint density at radius 1 is 1.41 bits per heavy atom. The van der Waals surface area contributed by atoms with Gasteiger partial charge in [-0.15, -0.1) is 0 Å². The molecule has 0 aliphatic carbocycles. The van der Waals surface area contributed by atoms with Crippen LogP contribution in [0.3, 0.4) is 0 Å². The van der Waals surface area contributed by atoms with Gasteiger partial charge in [-0.1, -0.05) is 0 Å². The molecule has 0 bridgehead atoms. The van der Waals surface area contributed by atoms with Gasteiger partial charge in [-0.3, -0.25) is 9.36 Å². The molecule has 0 radical (unpaired) electrons. The van der Waals surface area contributed by atoms with Gasteiger partial charge in [0.15, 0.2) is 11.9 Å². The third-order valence-corrected chi connectivity index (χ3v) is 3.56. The smallest absolute Gasteiger partial charge is 0.221 e. The minimum Gasteiger partial charge on any atom is -0.394 e. The largest absolute Gasteiger partial charge is 0.394 e. The van der Waals surface area contributed by atoms with Gasteiger partial charge in [0.25, 0.3) is 0 Å². The van der Waals surface area contributed by atoms with Crippen LogP contribution in [-0.2, 0) is 9.53 Å². The summed E-state index contributed by atoms with van der Waals surface area (Å²) in [6, 6.07) is 1.61. The Morgan fingerprint density at radius 2 is 2.18 bits per heavy atom. The Hall–Kier alpha value is -2.07. The van der Waals surface area contributed by atoms with E-state index in [4.69, 9.17) is 9.84 Å². The zero-order chi connectivity index (χ0) is 15.9. The van der Waals surface area contributed by atoms with Crippen LogP contribution in [0.15, 0.2) is 18.6 Å². The normalized spacial score (nSPS) is 28.2. The number of pyridine rings is 1. The van der Waals surface area contributed by atoms with Crippen LogP contribution in [0.4, 0.5) is 5.69 Å². The third kappa shape index (κ3) is 2.33. The second kappa shape index (κ2) is 5.61. The van der Waals surface area contributed by atoms with Crippen molar-refractivity contribution >= 4 is 22.8 Å². The van der Waals surface area contributed by atoms with Gasteiger partial charge in [-0.05, 0) is 6.07 Å². The summed E-state index contributed by atoms with van der Waals surface area (Å²) in [5.74, 6) is -0.241. The van der Waals surface area contributed by atoms with E-state index in [1.165, 1.54) is 24.0 Å². The Labute approximate surface area is 125 Å². The number of anilines is 1. The summed E-state index contributed by atoms with van der Waals surface area (Å²) in [4.78, 5) is 19.6. The van der Waals surface area contributed by atoms with Gasteiger partial charge in [0.05, 0.1) is 18.6 Å². The molecule has 3 heterocycles. The molecular weight excluding hydrogens is 292 g/mol. The topological polar surface area (TPSA) is 130 Å². The van der Waals surface area contributed by atoms with E-state index in [1.807, 2.05) is 0 Å². The van der Waals surface area contributed by atoms with Crippen molar-refractivity contribution in [3.63, 3.8) is 0 Å². The number of nitrogens with one attached hydrogen (secondary N) is 1. The molecule has 1 aliphatic heterocycles. The number of amides is 1. The number of aliphatic hydroxyl groups excluding tert-OH is 3. The van der Waals surface area contributed by atoms with Crippen LogP contribution in [-0.4, -0.2) is 60.7 Å². The van der Waals surface area contributed by atoms with E-state index < -0.39 is 31.1 Å². The van der Waals surface area contributed by atoms with Crippen LogP contribution in [0.1, 0.15) is 13.2 Å². The molecule has 22 heavy (non-hydrogen) atoms. The first kappa shape index (κ1) is 14.9. The van der Waals surface area contributed by atoms with E-state index in [1.54, 1.807) is 6.07 Å². The quantitative estimate of drug-likeness (QED) is 0.572. The summed E-state index contributed by atoms with van der Waals surface area (Å²) < 4.78 is 6.92. The number of rotatable bonds is 3. The number of nitrogens with zero attached hydrogens (tertiary/aromatic N) is 3. The van der Waals surface area contributed by atoms with Gasteiger partial charge in [0, 0.05) is 13.1 Å². The summed E-state index contributed by atoms with van der Waals surface area (Å²) >= 11 is 0. The minimum atomic E-state index is -1.22. The van der Waals surface area contributed by atoms with Crippen molar-refractivity contribution in [3.8, 4) is 0 Å². The monoisotopic (exact) mass is 308 g/mol. The molecule has 3 rings (SSSR count). The first-order chi connectivity index (χ1) is 10.5. The second-order valence-electron chi connectivity index (χ2n) is 5.09. The Bertz CT molecular complexity index is 703. The lowest BCUT2D eigenvalue weighted by Crippen LogP contribution is -2.33. The first-order valence-electron chi connectivity index (χ1n) is 6.74. The maximum atomic E-state index is 11.2. The van der Waals surface area contributed by atoms with Crippen molar-refractivity contribution in [2.45, 2.75) is 31.5 Å². The fourth-order valence-electron chi connectivity index (χ4n) is 2.52. The molecule has 2 aromatic rings. The van der Waals surface area contributed by atoms with Gasteiger partial charge in [0.1, 0.15) is 23.8 Å². The van der Waals surface area contributed by atoms with E-state index in [2.05, 4.69) is 15.3 Å². The average molecular weight is 308 g/mol. The number of hydrogen-bond acceptors (Lipinski definition) is 7. The van der Waals surface area contributed by atoms with E-state index in [0.29, 0.717) is 16.9 Å². The van der Waals surface area contributed by atoms with E-state index in [-0.39, 0.29) is 5.91 Å². The summed E-state index contributed by atoms with van der Waals surface area (Å²) in [6.07, 6.45) is -1.32. The molecule has 0 saturated carbocycles. The van der Waals surface area contributed by atoms with Crippen LogP contribution >= 0.6 is 0 Å². The SMILES string of the molecule is CC(=O)Nc1ccnc2c1ncn2[C@@H]1O[C@H](CO)[C@@H](O)[C@H]1O. The molecule has 1 aliphatic rings. The highest BCUT2D eigenvalue weighted by molar-refractivity contribution is 5.97. The van der Waals surface area contributed by atoms with Gasteiger partial charge < -0.3 is 25.4 Å². The van der Waals surface area contributed by atoms with Gasteiger partial charge >= 0.3 is 0 Å². The molecule has 9 nitrogen and oxygen atoms in total. The number of carbonyl (C=O) groups is 1. The van der Waals surface area contributed by atoms with Crippen LogP contribution in [0.5, 0.6) is 0 Å². The molecule has 1 saturated heterocycles. The van der Waals surface area contributed by atoms with Crippen LogP contribution < -0.4 is 5.32 Å². The number of aliphatic hydroxyl groups is 3. The number of carbonyl (C=O) groups excluding carboxylic acids is 1. The summed E-state index contributed by atoms with van der Waals surface area (Å²) in [5.41, 5.74) is 1.32. The van der Waals surface area contributed by atoms with Gasteiger partial charge in [-0.2, -0.15) is 0 Å². The summed E-state index contributed by atoms with van der Waals surface area (Å²) in [7, 11) is 0. The zero-order valence-corrected chi connectivity index (χ0v) is 11.7. The number of hydrogen-bond donors (Lipinski definition) is 4.